The van der Waals surface area contributed by atoms with Gasteiger partial charge in [0.15, 0.2) is 5.82 Å². The highest BCUT2D eigenvalue weighted by atomic mass is 16.2. The molecule has 0 bridgehead atoms. The van der Waals surface area contributed by atoms with E-state index in [0.29, 0.717) is 31.2 Å². The van der Waals surface area contributed by atoms with Gasteiger partial charge in [-0.1, -0.05) is 30.3 Å². The monoisotopic (exact) mass is 352 g/mol. The number of imidazole rings is 1. The molecule has 2 heterocycles. The molecule has 0 radical (unpaired) electrons. The summed E-state index contributed by atoms with van der Waals surface area (Å²) in [5.41, 5.74) is 3.39. The van der Waals surface area contributed by atoms with Crippen LogP contribution in [-0.2, 0) is 19.5 Å². The summed E-state index contributed by atoms with van der Waals surface area (Å²) in [7, 11) is 0. The van der Waals surface area contributed by atoms with Crippen molar-refractivity contribution < 1.29 is 9.59 Å². The number of aryl methyl sites for hydroxylation is 1. The van der Waals surface area contributed by atoms with Gasteiger partial charge in [-0.15, -0.1) is 6.58 Å². The summed E-state index contributed by atoms with van der Waals surface area (Å²) in [6.07, 6.45) is 4.36. The van der Waals surface area contributed by atoms with Gasteiger partial charge < -0.3 is 15.2 Å². The molecule has 2 aromatic rings. The quantitative estimate of drug-likeness (QED) is 0.784. The molecule has 0 saturated heterocycles. The van der Waals surface area contributed by atoms with Gasteiger partial charge in [-0.2, -0.15) is 0 Å². The maximum Gasteiger partial charge on any atom is 0.287 e. The molecule has 1 aliphatic heterocycles. The third-order valence-corrected chi connectivity index (χ3v) is 4.64. The first kappa shape index (κ1) is 17.9. The predicted molar refractivity (Wildman–Crippen MR) is 100 cm³/mol. The van der Waals surface area contributed by atoms with Gasteiger partial charge in [0.1, 0.15) is 5.69 Å². The lowest BCUT2D eigenvalue weighted by molar-refractivity contribution is 0.0935. The van der Waals surface area contributed by atoms with E-state index in [1.54, 1.807) is 6.08 Å². The Bertz CT molecular complexity index is 838. The fraction of sp³-hybridized carbons (Fsp3) is 0.350. The van der Waals surface area contributed by atoms with Crippen LogP contribution in [-0.4, -0.2) is 27.9 Å². The Hall–Kier alpha value is -2.89. The summed E-state index contributed by atoms with van der Waals surface area (Å²) in [4.78, 5) is 29.5. The third kappa shape index (κ3) is 3.69. The smallest absolute Gasteiger partial charge is 0.287 e. The molecule has 6 heteroatoms. The molecule has 0 saturated carbocycles. The van der Waals surface area contributed by atoms with Gasteiger partial charge in [0, 0.05) is 19.6 Å². The maximum absolute atomic E-state index is 12.7. The van der Waals surface area contributed by atoms with Crippen LogP contribution >= 0.6 is 0 Å². The third-order valence-electron chi connectivity index (χ3n) is 4.64. The van der Waals surface area contributed by atoms with Gasteiger partial charge in [0.25, 0.3) is 11.8 Å². The number of fused-ring (bicyclic) bond motifs is 1. The van der Waals surface area contributed by atoms with Gasteiger partial charge in [-0.25, -0.2) is 4.98 Å². The molecule has 0 fully saturated rings. The van der Waals surface area contributed by atoms with Crippen LogP contribution in [0.3, 0.4) is 0 Å². The molecule has 26 heavy (non-hydrogen) atoms. The zero-order chi connectivity index (χ0) is 18.5. The van der Waals surface area contributed by atoms with Crippen LogP contribution in [0.1, 0.15) is 50.8 Å². The molecular formula is C20H24N4O2. The summed E-state index contributed by atoms with van der Waals surface area (Å²) in [5, 5.41) is 5.68. The van der Waals surface area contributed by atoms with Gasteiger partial charge >= 0.3 is 0 Å². The van der Waals surface area contributed by atoms with E-state index in [9.17, 15) is 9.59 Å². The van der Waals surface area contributed by atoms with Crippen molar-refractivity contribution in [3.05, 3.63) is 65.3 Å². The number of benzene rings is 1. The molecule has 2 N–H and O–H groups in total. The molecule has 1 aromatic heterocycles. The fourth-order valence-corrected chi connectivity index (χ4v) is 3.21. The van der Waals surface area contributed by atoms with Crippen LogP contribution < -0.4 is 10.6 Å². The number of nitrogens with one attached hydrogen (secondary N) is 2. The van der Waals surface area contributed by atoms with Crippen molar-refractivity contribution in [3.8, 4) is 0 Å². The van der Waals surface area contributed by atoms with Crippen LogP contribution in [0, 0.1) is 6.92 Å². The van der Waals surface area contributed by atoms with E-state index in [2.05, 4.69) is 22.2 Å². The van der Waals surface area contributed by atoms with Gasteiger partial charge in [0.2, 0.25) is 0 Å². The number of amides is 2. The minimum Gasteiger partial charge on any atom is -0.347 e. The molecule has 0 aliphatic carbocycles. The van der Waals surface area contributed by atoms with E-state index < -0.39 is 0 Å². The van der Waals surface area contributed by atoms with Crippen molar-refractivity contribution in [3.63, 3.8) is 0 Å². The second kappa shape index (κ2) is 7.99. The molecule has 136 valence electrons. The maximum atomic E-state index is 12.7. The number of carbonyl (C=O) groups excluding carboxylic acids is 2. The Morgan fingerprint density at radius 2 is 2.04 bits per heavy atom. The Kier molecular flexibility index (Phi) is 5.51. The van der Waals surface area contributed by atoms with Gasteiger partial charge in [-0.3, -0.25) is 9.59 Å². The van der Waals surface area contributed by atoms with Gasteiger partial charge in [-0.05, 0) is 37.3 Å². The van der Waals surface area contributed by atoms with E-state index >= 15 is 0 Å². The van der Waals surface area contributed by atoms with Crippen LogP contribution in [0.2, 0.25) is 0 Å². The number of nitrogens with zero attached hydrogens (tertiary/aromatic N) is 2. The Morgan fingerprint density at radius 1 is 1.23 bits per heavy atom. The van der Waals surface area contributed by atoms with Crippen molar-refractivity contribution in [1.82, 2.24) is 20.2 Å². The SMILES string of the molecule is C=CCNC(=O)c1nc(C(=O)NCc2ccccc2C)n2c1CCCC2. The average molecular weight is 352 g/mol. The van der Waals surface area contributed by atoms with E-state index in [-0.39, 0.29) is 11.8 Å². The van der Waals surface area contributed by atoms with Crippen LogP contribution in [0.25, 0.3) is 0 Å². The highest BCUT2D eigenvalue weighted by Gasteiger charge is 2.27. The van der Waals surface area contributed by atoms with E-state index in [1.807, 2.05) is 35.8 Å². The summed E-state index contributed by atoms with van der Waals surface area (Å²) in [5.74, 6) is -0.190. The van der Waals surface area contributed by atoms with Crippen molar-refractivity contribution in [2.24, 2.45) is 0 Å². The first-order valence-electron chi connectivity index (χ1n) is 8.93. The number of carbonyl (C=O) groups is 2. The van der Waals surface area contributed by atoms with Crippen molar-refractivity contribution in [2.75, 3.05) is 6.54 Å². The first-order chi connectivity index (χ1) is 12.6. The average Bonchev–Trinajstić information content (AvgIpc) is 3.05. The highest BCUT2D eigenvalue weighted by Crippen LogP contribution is 2.21. The van der Waals surface area contributed by atoms with E-state index in [0.717, 1.165) is 36.1 Å². The van der Waals surface area contributed by atoms with Crippen molar-refractivity contribution in [2.45, 2.75) is 39.3 Å². The van der Waals surface area contributed by atoms with Crippen molar-refractivity contribution >= 4 is 11.8 Å². The first-order valence-corrected chi connectivity index (χ1v) is 8.93. The Balaban J connectivity index is 1.81. The topological polar surface area (TPSA) is 76.0 Å². The lowest BCUT2D eigenvalue weighted by Gasteiger charge is -2.17. The van der Waals surface area contributed by atoms with Gasteiger partial charge in [0.05, 0.1) is 5.69 Å². The largest absolute Gasteiger partial charge is 0.347 e. The minimum atomic E-state index is -0.256. The molecule has 0 unspecified atom stereocenters. The normalized spacial score (nSPS) is 13.0. The van der Waals surface area contributed by atoms with Crippen LogP contribution in [0.4, 0.5) is 0 Å². The minimum absolute atomic E-state index is 0.251. The molecule has 0 spiro atoms. The van der Waals surface area contributed by atoms with E-state index in [4.69, 9.17) is 0 Å². The molecule has 6 nitrogen and oxygen atoms in total. The Morgan fingerprint density at radius 3 is 2.81 bits per heavy atom. The lowest BCUT2D eigenvalue weighted by atomic mass is 10.1. The zero-order valence-electron chi connectivity index (χ0n) is 15.0. The second-order valence-electron chi connectivity index (χ2n) is 6.45. The second-order valence-corrected chi connectivity index (χ2v) is 6.45. The van der Waals surface area contributed by atoms with Crippen LogP contribution in [0.15, 0.2) is 36.9 Å². The van der Waals surface area contributed by atoms with Crippen LogP contribution in [0.5, 0.6) is 0 Å². The zero-order valence-corrected chi connectivity index (χ0v) is 15.0. The predicted octanol–water partition coefficient (Wildman–Crippen LogP) is 2.37. The summed E-state index contributed by atoms with van der Waals surface area (Å²) in [6, 6.07) is 7.93. The summed E-state index contributed by atoms with van der Waals surface area (Å²) in [6.45, 7) is 7.14. The molecule has 0 atom stereocenters. The van der Waals surface area contributed by atoms with E-state index in [1.165, 1.54) is 0 Å². The Labute approximate surface area is 153 Å². The lowest BCUT2D eigenvalue weighted by Crippen LogP contribution is -2.27. The molecule has 3 rings (SSSR count). The molecular weight excluding hydrogens is 328 g/mol. The summed E-state index contributed by atoms with van der Waals surface area (Å²) >= 11 is 0. The number of aromatic nitrogens is 2. The molecule has 1 aromatic carbocycles. The summed E-state index contributed by atoms with van der Waals surface area (Å²) < 4.78 is 1.89. The molecule has 1 aliphatic rings. The fourth-order valence-electron chi connectivity index (χ4n) is 3.21. The van der Waals surface area contributed by atoms with Crippen molar-refractivity contribution in [1.29, 1.82) is 0 Å². The standard InChI is InChI=1S/C20H24N4O2/c1-3-11-21-19(25)17-16-10-6-7-12-24(16)18(23-17)20(26)22-13-15-9-5-4-8-14(15)2/h3-5,8-9H,1,6-7,10-13H2,2H3,(H,21,25)(H,22,26). The molecule has 2 amide bonds. The number of hydrogen-bond donors (Lipinski definition) is 2. The number of rotatable bonds is 6. The number of hydrogen-bond acceptors (Lipinski definition) is 3. The highest BCUT2D eigenvalue weighted by molar-refractivity contribution is 5.97.